The maximum atomic E-state index is 3.49. The summed E-state index contributed by atoms with van der Waals surface area (Å²) in [6, 6.07) is 5.23. The van der Waals surface area contributed by atoms with Gasteiger partial charge in [0.2, 0.25) is 0 Å². The molecular weight excluding hydrogens is 228 g/mol. The van der Waals surface area contributed by atoms with Gasteiger partial charge in [0, 0.05) is 42.0 Å². The Morgan fingerprint density at radius 1 is 1.41 bits per heavy atom. The molecule has 1 N–H and O–H groups in total. The monoisotopic (exact) mass is 252 g/mol. The van der Waals surface area contributed by atoms with E-state index in [1.807, 2.05) is 11.3 Å². The van der Waals surface area contributed by atoms with Crippen molar-refractivity contribution in [1.82, 2.24) is 10.2 Å². The van der Waals surface area contributed by atoms with Crippen LogP contribution in [-0.2, 0) is 12.0 Å². The van der Waals surface area contributed by atoms with Crippen LogP contribution in [0, 0.1) is 0 Å². The lowest BCUT2D eigenvalue weighted by molar-refractivity contribution is 0.201. The lowest BCUT2D eigenvalue weighted by atomic mass is 9.95. The predicted molar refractivity (Wildman–Crippen MR) is 75.8 cm³/mol. The molecule has 1 aromatic rings. The summed E-state index contributed by atoms with van der Waals surface area (Å²) in [4.78, 5) is 5.55. The third-order valence-corrected chi connectivity index (χ3v) is 4.73. The number of nitrogens with zero attached hydrogens (tertiary/aromatic N) is 1. The van der Waals surface area contributed by atoms with E-state index >= 15 is 0 Å². The van der Waals surface area contributed by atoms with E-state index in [1.165, 1.54) is 22.8 Å². The third kappa shape index (κ3) is 3.54. The van der Waals surface area contributed by atoms with Gasteiger partial charge in [0.15, 0.2) is 0 Å². The zero-order valence-electron chi connectivity index (χ0n) is 11.4. The molecule has 0 aliphatic carbocycles. The molecule has 1 fully saturated rings. The maximum Gasteiger partial charge on any atom is 0.0329 e. The van der Waals surface area contributed by atoms with Crippen LogP contribution in [-0.4, -0.2) is 30.6 Å². The predicted octanol–water partition coefficient (Wildman–Crippen LogP) is 2.84. The zero-order chi connectivity index (χ0) is 12.5. The van der Waals surface area contributed by atoms with Crippen molar-refractivity contribution in [2.75, 3.05) is 19.6 Å². The first-order valence-corrected chi connectivity index (χ1v) is 7.32. The van der Waals surface area contributed by atoms with Crippen LogP contribution in [0.1, 0.15) is 37.4 Å². The molecule has 1 aliphatic rings. The van der Waals surface area contributed by atoms with E-state index < -0.39 is 0 Å². The highest BCUT2D eigenvalue weighted by Gasteiger charge is 2.19. The van der Waals surface area contributed by atoms with Crippen LogP contribution in [0.25, 0.3) is 0 Å². The fourth-order valence-electron chi connectivity index (χ4n) is 2.24. The topological polar surface area (TPSA) is 15.3 Å². The van der Waals surface area contributed by atoms with Crippen molar-refractivity contribution < 1.29 is 0 Å². The highest BCUT2D eigenvalue weighted by atomic mass is 32.1. The minimum atomic E-state index is 0.291. The minimum absolute atomic E-state index is 0.291. The second-order valence-corrected chi connectivity index (χ2v) is 7.27. The summed E-state index contributed by atoms with van der Waals surface area (Å²) in [5.41, 5.74) is 0.291. The fourth-order valence-corrected chi connectivity index (χ4v) is 3.35. The lowest BCUT2D eigenvalue weighted by Crippen LogP contribution is -2.48. The lowest BCUT2D eigenvalue weighted by Gasteiger charge is -2.31. The van der Waals surface area contributed by atoms with Crippen molar-refractivity contribution in [2.24, 2.45) is 0 Å². The summed E-state index contributed by atoms with van der Waals surface area (Å²) in [5, 5.41) is 3.49. The van der Waals surface area contributed by atoms with Crippen molar-refractivity contribution in [1.29, 1.82) is 0 Å². The van der Waals surface area contributed by atoms with Gasteiger partial charge >= 0.3 is 0 Å². The highest BCUT2D eigenvalue weighted by Crippen LogP contribution is 2.30. The Kier molecular flexibility index (Phi) is 3.91. The Balaban J connectivity index is 1.97. The van der Waals surface area contributed by atoms with Crippen LogP contribution >= 0.6 is 11.3 Å². The molecular formula is C14H24N2S. The van der Waals surface area contributed by atoms with E-state index in [1.54, 1.807) is 0 Å². The average Bonchev–Trinajstić information content (AvgIpc) is 2.65. The van der Waals surface area contributed by atoms with E-state index in [0.29, 0.717) is 11.5 Å². The highest BCUT2D eigenvalue weighted by molar-refractivity contribution is 7.12. The van der Waals surface area contributed by atoms with Crippen molar-refractivity contribution in [3.8, 4) is 0 Å². The van der Waals surface area contributed by atoms with Gasteiger partial charge in [0.05, 0.1) is 0 Å². The number of nitrogens with one attached hydrogen (secondary N) is 1. The van der Waals surface area contributed by atoms with Crippen LogP contribution < -0.4 is 5.32 Å². The second-order valence-electron chi connectivity index (χ2n) is 6.11. The molecule has 1 atom stereocenters. The molecule has 0 saturated carbocycles. The molecule has 0 amide bonds. The van der Waals surface area contributed by atoms with Crippen LogP contribution in [0.3, 0.4) is 0 Å². The van der Waals surface area contributed by atoms with Crippen molar-refractivity contribution in [2.45, 2.75) is 45.7 Å². The van der Waals surface area contributed by atoms with Crippen molar-refractivity contribution in [3.05, 3.63) is 21.9 Å². The molecule has 1 unspecified atom stereocenters. The number of hydrogen-bond donors (Lipinski definition) is 1. The normalized spacial score (nSPS) is 22.9. The molecule has 1 aliphatic heterocycles. The first-order chi connectivity index (χ1) is 7.95. The van der Waals surface area contributed by atoms with Gasteiger partial charge in [0.1, 0.15) is 0 Å². The van der Waals surface area contributed by atoms with Crippen LogP contribution in [0.4, 0.5) is 0 Å². The largest absolute Gasteiger partial charge is 0.312 e. The van der Waals surface area contributed by atoms with Gasteiger partial charge < -0.3 is 5.32 Å². The summed E-state index contributed by atoms with van der Waals surface area (Å²) < 4.78 is 0. The molecule has 2 heterocycles. The molecule has 0 radical (unpaired) electrons. The molecule has 3 heteroatoms. The number of rotatable bonds is 2. The minimum Gasteiger partial charge on any atom is -0.312 e. The van der Waals surface area contributed by atoms with Crippen LogP contribution in [0.5, 0.6) is 0 Å². The Labute approximate surface area is 109 Å². The van der Waals surface area contributed by atoms with Gasteiger partial charge in [-0.15, -0.1) is 11.3 Å². The standard InChI is InChI=1S/C14H24N2S/c1-11-9-16(8-7-15-11)10-12-5-6-13(17-12)14(2,3)4/h5-6,11,15H,7-10H2,1-4H3. The van der Waals surface area contributed by atoms with Crippen LogP contribution in [0.15, 0.2) is 12.1 Å². The van der Waals surface area contributed by atoms with Crippen LogP contribution in [0.2, 0.25) is 0 Å². The smallest absolute Gasteiger partial charge is 0.0329 e. The first-order valence-electron chi connectivity index (χ1n) is 6.50. The fraction of sp³-hybridized carbons (Fsp3) is 0.714. The summed E-state index contributed by atoms with van der Waals surface area (Å²) in [6.07, 6.45) is 0. The quantitative estimate of drug-likeness (QED) is 0.871. The summed E-state index contributed by atoms with van der Waals surface area (Å²) in [7, 11) is 0. The second kappa shape index (κ2) is 5.09. The zero-order valence-corrected chi connectivity index (χ0v) is 12.2. The summed E-state index contributed by atoms with van der Waals surface area (Å²) >= 11 is 1.97. The molecule has 1 saturated heterocycles. The average molecular weight is 252 g/mol. The number of piperazine rings is 1. The van der Waals surface area contributed by atoms with E-state index in [9.17, 15) is 0 Å². The molecule has 0 aromatic carbocycles. The Bertz CT molecular complexity index is 365. The molecule has 2 rings (SSSR count). The van der Waals surface area contributed by atoms with Gasteiger partial charge in [0.25, 0.3) is 0 Å². The molecule has 0 bridgehead atoms. The first kappa shape index (κ1) is 13.1. The van der Waals surface area contributed by atoms with Crippen molar-refractivity contribution >= 4 is 11.3 Å². The SMILES string of the molecule is CC1CN(Cc2ccc(C(C)(C)C)s2)CCN1. The molecule has 2 nitrogen and oxygen atoms in total. The molecule has 1 aromatic heterocycles. The third-order valence-electron chi connectivity index (χ3n) is 3.23. The van der Waals surface area contributed by atoms with Gasteiger partial charge in [-0.3, -0.25) is 4.90 Å². The summed E-state index contributed by atoms with van der Waals surface area (Å²) in [5.74, 6) is 0. The van der Waals surface area contributed by atoms with Gasteiger partial charge in [-0.05, 0) is 24.5 Å². The Morgan fingerprint density at radius 2 is 2.18 bits per heavy atom. The van der Waals surface area contributed by atoms with Crippen molar-refractivity contribution in [3.63, 3.8) is 0 Å². The van der Waals surface area contributed by atoms with Gasteiger partial charge in [-0.2, -0.15) is 0 Å². The van der Waals surface area contributed by atoms with E-state index in [0.717, 1.165) is 13.1 Å². The molecule has 0 spiro atoms. The Hall–Kier alpha value is -0.380. The van der Waals surface area contributed by atoms with E-state index in [2.05, 4.69) is 50.0 Å². The number of hydrogen-bond acceptors (Lipinski definition) is 3. The number of thiophene rings is 1. The maximum absolute atomic E-state index is 3.49. The van der Waals surface area contributed by atoms with Gasteiger partial charge in [-0.25, -0.2) is 0 Å². The Morgan fingerprint density at radius 3 is 2.76 bits per heavy atom. The van der Waals surface area contributed by atoms with Gasteiger partial charge in [-0.1, -0.05) is 20.8 Å². The molecule has 17 heavy (non-hydrogen) atoms. The van der Waals surface area contributed by atoms with E-state index in [4.69, 9.17) is 0 Å². The molecule has 96 valence electrons. The summed E-state index contributed by atoms with van der Waals surface area (Å²) in [6.45, 7) is 13.7. The van der Waals surface area contributed by atoms with E-state index in [-0.39, 0.29) is 0 Å².